The highest BCUT2D eigenvalue weighted by Crippen LogP contribution is 2.26. The maximum Gasteiger partial charge on any atom is 0.137 e. The predicted molar refractivity (Wildman–Crippen MR) is 82.1 cm³/mol. The van der Waals surface area contributed by atoms with Crippen molar-refractivity contribution in [2.45, 2.75) is 25.9 Å². The Morgan fingerprint density at radius 1 is 1.50 bits per heavy atom. The fraction of sp³-hybridized carbons (Fsp3) is 0.692. The number of thiocarbonyl (C=S) groups is 1. The Morgan fingerprint density at radius 2 is 2.15 bits per heavy atom. The van der Waals surface area contributed by atoms with E-state index in [1.165, 1.54) is 0 Å². The average molecular weight is 298 g/mol. The number of nitrogens with zero attached hydrogens (tertiary/aromatic N) is 3. The summed E-state index contributed by atoms with van der Waals surface area (Å²) in [6.07, 6.45) is 2.09. The smallest absolute Gasteiger partial charge is 0.137 e. The summed E-state index contributed by atoms with van der Waals surface area (Å²) >= 11 is 5.15. The van der Waals surface area contributed by atoms with Gasteiger partial charge in [0, 0.05) is 20.1 Å². The maximum absolute atomic E-state index is 8.79. The molecule has 6 nitrogen and oxygen atoms in total. The van der Waals surface area contributed by atoms with Gasteiger partial charge in [0.2, 0.25) is 0 Å². The molecule has 1 fully saturated rings. The van der Waals surface area contributed by atoms with Gasteiger partial charge < -0.3 is 20.5 Å². The Hall–Kier alpha value is -1.18. The number of rotatable bonds is 5. The monoisotopic (exact) mass is 298 g/mol. The summed E-state index contributed by atoms with van der Waals surface area (Å²) in [6.45, 7) is 4.17. The van der Waals surface area contributed by atoms with E-state index in [-0.39, 0.29) is 12.7 Å². The van der Waals surface area contributed by atoms with Crippen LogP contribution in [-0.4, -0.2) is 52.3 Å². The second-order valence-electron chi connectivity index (χ2n) is 5.05. The molecule has 2 rings (SSSR count). The van der Waals surface area contributed by atoms with Crippen LogP contribution in [0.1, 0.15) is 24.1 Å². The normalized spacial score (nSPS) is 16.6. The minimum Gasteiger partial charge on any atom is -0.394 e. The van der Waals surface area contributed by atoms with Gasteiger partial charge in [-0.2, -0.15) is 5.10 Å². The summed E-state index contributed by atoms with van der Waals surface area (Å²) in [4.78, 5) is 2.65. The molecule has 2 heterocycles. The van der Waals surface area contributed by atoms with Crippen LogP contribution >= 0.6 is 12.2 Å². The van der Waals surface area contributed by atoms with Gasteiger partial charge in [0.05, 0.1) is 30.6 Å². The number of aromatic nitrogens is 2. The van der Waals surface area contributed by atoms with Crippen molar-refractivity contribution in [1.29, 1.82) is 0 Å². The number of aliphatic hydroxyl groups excluding tert-OH is 1. The summed E-state index contributed by atoms with van der Waals surface area (Å²) in [5.74, 6) is 0.996. The molecule has 7 heteroatoms. The molecule has 20 heavy (non-hydrogen) atoms. The molecule has 0 amide bonds. The van der Waals surface area contributed by atoms with Crippen LogP contribution in [0.3, 0.4) is 0 Å². The Bertz CT molecular complexity index is 481. The van der Waals surface area contributed by atoms with Crippen LogP contribution in [-0.2, 0) is 11.8 Å². The zero-order chi connectivity index (χ0) is 14.7. The SMILES string of the molecule is Cc1nn(C)c(N2CCC(OCCO)CC2)c1C(N)=S. The molecule has 1 aromatic rings. The van der Waals surface area contributed by atoms with E-state index in [0.717, 1.165) is 43.0 Å². The quantitative estimate of drug-likeness (QED) is 0.764. The summed E-state index contributed by atoms with van der Waals surface area (Å²) in [7, 11) is 1.92. The van der Waals surface area contributed by atoms with Gasteiger partial charge in [0.1, 0.15) is 10.8 Å². The first-order valence-corrected chi connectivity index (χ1v) is 7.26. The van der Waals surface area contributed by atoms with Gasteiger partial charge in [-0.1, -0.05) is 12.2 Å². The van der Waals surface area contributed by atoms with Crippen LogP contribution in [0.25, 0.3) is 0 Å². The molecule has 0 saturated carbocycles. The number of nitrogens with two attached hydrogens (primary N) is 1. The van der Waals surface area contributed by atoms with E-state index in [9.17, 15) is 0 Å². The molecule has 0 unspecified atom stereocenters. The van der Waals surface area contributed by atoms with Crippen LogP contribution in [0, 0.1) is 6.92 Å². The van der Waals surface area contributed by atoms with Crippen molar-refractivity contribution >= 4 is 23.0 Å². The topological polar surface area (TPSA) is 76.5 Å². The lowest BCUT2D eigenvalue weighted by Gasteiger charge is -2.33. The number of aryl methyl sites for hydroxylation is 2. The first-order valence-electron chi connectivity index (χ1n) is 6.85. The maximum atomic E-state index is 8.79. The van der Waals surface area contributed by atoms with E-state index < -0.39 is 0 Å². The molecule has 1 saturated heterocycles. The second kappa shape index (κ2) is 6.51. The number of ether oxygens (including phenoxy) is 1. The molecule has 0 radical (unpaired) electrons. The highest BCUT2D eigenvalue weighted by atomic mass is 32.1. The van der Waals surface area contributed by atoms with Gasteiger partial charge in [-0.05, 0) is 19.8 Å². The van der Waals surface area contributed by atoms with E-state index in [1.807, 2.05) is 18.7 Å². The highest BCUT2D eigenvalue weighted by molar-refractivity contribution is 7.80. The third-order valence-corrected chi connectivity index (χ3v) is 3.83. The minimum atomic E-state index is 0.0761. The molecule has 0 bridgehead atoms. The Labute approximate surface area is 124 Å². The Kier molecular flexibility index (Phi) is 4.95. The van der Waals surface area contributed by atoms with Crippen molar-refractivity contribution < 1.29 is 9.84 Å². The molecular formula is C13H22N4O2S. The molecular weight excluding hydrogens is 276 g/mol. The molecule has 0 aliphatic carbocycles. The van der Waals surface area contributed by atoms with E-state index >= 15 is 0 Å². The van der Waals surface area contributed by atoms with Crippen molar-refractivity contribution in [3.05, 3.63) is 11.3 Å². The van der Waals surface area contributed by atoms with Crippen molar-refractivity contribution in [3.63, 3.8) is 0 Å². The van der Waals surface area contributed by atoms with Gasteiger partial charge in [-0.15, -0.1) is 0 Å². The number of anilines is 1. The number of piperidine rings is 1. The van der Waals surface area contributed by atoms with Crippen molar-refractivity contribution in [2.75, 3.05) is 31.2 Å². The molecule has 1 aliphatic rings. The van der Waals surface area contributed by atoms with Gasteiger partial charge in [0.15, 0.2) is 0 Å². The molecule has 0 atom stereocenters. The summed E-state index contributed by atoms with van der Waals surface area (Å²) in [5, 5.41) is 13.2. The zero-order valence-corrected chi connectivity index (χ0v) is 12.8. The summed E-state index contributed by atoms with van der Waals surface area (Å²) < 4.78 is 7.43. The molecule has 0 aromatic carbocycles. The first kappa shape index (κ1) is 15.2. The lowest BCUT2D eigenvalue weighted by molar-refractivity contribution is 0.0158. The van der Waals surface area contributed by atoms with Crippen molar-refractivity contribution in [3.8, 4) is 0 Å². The summed E-state index contributed by atoms with van der Waals surface area (Å²) in [6, 6.07) is 0. The minimum absolute atomic E-state index is 0.0761. The van der Waals surface area contributed by atoms with Crippen LogP contribution in [0.4, 0.5) is 5.82 Å². The van der Waals surface area contributed by atoms with Crippen LogP contribution in [0.5, 0.6) is 0 Å². The fourth-order valence-corrected chi connectivity index (χ4v) is 2.99. The van der Waals surface area contributed by atoms with E-state index in [4.69, 9.17) is 27.8 Å². The van der Waals surface area contributed by atoms with Gasteiger partial charge >= 0.3 is 0 Å². The van der Waals surface area contributed by atoms with Gasteiger partial charge in [-0.25, -0.2) is 0 Å². The van der Waals surface area contributed by atoms with Crippen LogP contribution in [0.15, 0.2) is 0 Å². The molecule has 0 spiro atoms. The largest absolute Gasteiger partial charge is 0.394 e. The van der Waals surface area contributed by atoms with Crippen LogP contribution < -0.4 is 10.6 Å². The number of aliphatic hydroxyl groups is 1. The lowest BCUT2D eigenvalue weighted by atomic mass is 10.1. The molecule has 3 N–H and O–H groups in total. The van der Waals surface area contributed by atoms with Crippen molar-refractivity contribution in [1.82, 2.24) is 9.78 Å². The molecule has 112 valence electrons. The Balaban J connectivity index is 2.09. The third kappa shape index (κ3) is 3.11. The number of hydrogen-bond donors (Lipinski definition) is 2. The fourth-order valence-electron chi connectivity index (χ4n) is 2.75. The van der Waals surface area contributed by atoms with E-state index in [0.29, 0.717) is 11.6 Å². The molecule has 1 aromatic heterocycles. The Morgan fingerprint density at radius 3 is 2.70 bits per heavy atom. The standard InChI is InChI=1S/C13H22N4O2S/c1-9-11(12(14)20)13(16(2)15-9)17-5-3-10(4-6-17)19-8-7-18/h10,18H,3-8H2,1-2H3,(H2,14,20). The number of hydrogen-bond acceptors (Lipinski definition) is 5. The predicted octanol–water partition coefficient (Wildman–Crippen LogP) is 0.340. The highest BCUT2D eigenvalue weighted by Gasteiger charge is 2.26. The zero-order valence-electron chi connectivity index (χ0n) is 12.0. The van der Waals surface area contributed by atoms with E-state index in [2.05, 4.69) is 10.00 Å². The summed E-state index contributed by atoms with van der Waals surface area (Å²) in [5.41, 5.74) is 7.57. The first-order chi connectivity index (χ1) is 9.54. The van der Waals surface area contributed by atoms with Gasteiger partial charge in [-0.3, -0.25) is 4.68 Å². The average Bonchev–Trinajstić information content (AvgIpc) is 2.72. The van der Waals surface area contributed by atoms with Crippen LogP contribution in [0.2, 0.25) is 0 Å². The molecule has 1 aliphatic heterocycles. The lowest BCUT2D eigenvalue weighted by Crippen LogP contribution is -2.39. The van der Waals surface area contributed by atoms with Crippen molar-refractivity contribution in [2.24, 2.45) is 12.8 Å². The van der Waals surface area contributed by atoms with E-state index in [1.54, 1.807) is 0 Å². The second-order valence-corrected chi connectivity index (χ2v) is 5.49. The van der Waals surface area contributed by atoms with Gasteiger partial charge in [0.25, 0.3) is 0 Å². The third-order valence-electron chi connectivity index (χ3n) is 3.62.